The van der Waals surface area contributed by atoms with E-state index in [1.807, 2.05) is 24.9 Å². The van der Waals surface area contributed by atoms with Crippen molar-refractivity contribution in [1.82, 2.24) is 29.2 Å². The first-order valence-corrected chi connectivity index (χ1v) is 14.1. The van der Waals surface area contributed by atoms with Crippen LogP contribution in [0.25, 0.3) is 21.4 Å². The molecule has 0 aromatic carbocycles. The zero-order valence-corrected chi connectivity index (χ0v) is 23.0. The molecule has 196 valence electrons. The van der Waals surface area contributed by atoms with E-state index in [1.165, 1.54) is 0 Å². The van der Waals surface area contributed by atoms with Crippen LogP contribution in [0.1, 0.15) is 56.4 Å². The van der Waals surface area contributed by atoms with Crippen molar-refractivity contribution in [3.8, 4) is 0 Å². The number of piperazine rings is 1. The molecule has 0 N–H and O–H groups in total. The molecule has 0 saturated carbocycles. The van der Waals surface area contributed by atoms with Crippen LogP contribution in [0.4, 0.5) is 5.69 Å². The molecule has 3 atom stereocenters. The molecular formula is C27H35N7O2S. The summed E-state index contributed by atoms with van der Waals surface area (Å²) in [5, 5.41) is 6.02. The fourth-order valence-electron chi connectivity index (χ4n) is 5.79. The van der Waals surface area contributed by atoms with Gasteiger partial charge in [0.2, 0.25) is 0 Å². The first kappa shape index (κ1) is 24.5. The zero-order chi connectivity index (χ0) is 25.8. The molecule has 0 unspecified atom stereocenters. The number of nitrogens with zero attached hydrogens (tertiary/aromatic N) is 7. The maximum Gasteiger partial charge on any atom is 0.252 e. The van der Waals surface area contributed by atoms with Gasteiger partial charge in [-0.3, -0.25) is 14.4 Å². The number of ether oxygens (including phenoxy) is 1. The quantitative estimate of drug-likeness (QED) is 0.378. The highest BCUT2D eigenvalue weighted by molar-refractivity contribution is 7.18. The minimum Gasteiger partial charge on any atom is -0.377 e. The van der Waals surface area contributed by atoms with E-state index in [1.54, 1.807) is 22.0 Å². The molecule has 2 aliphatic rings. The van der Waals surface area contributed by atoms with Crippen LogP contribution < -0.4 is 10.5 Å². The minimum absolute atomic E-state index is 0.00274. The van der Waals surface area contributed by atoms with Crippen LogP contribution in [0.5, 0.6) is 0 Å². The van der Waals surface area contributed by atoms with Crippen molar-refractivity contribution < 1.29 is 4.74 Å². The van der Waals surface area contributed by atoms with Crippen molar-refractivity contribution in [2.45, 2.75) is 64.7 Å². The van der Waals surface area contributed by atoms with Gasteiger partial charge in [0.15, 0.2) is 0 Å². The Morgan fingerprint density at radius 3 is 2.62 bits per heavy atom. The highest BCUT2D eigenvalue weighted by Gasteiger charge is 2.37. The number of aryl methyl sites for hydroxylation is 2. The van der Waals surface area contributed by atoms with Gasteiger partial charge in [0.1, 0.15) is 15.9 Å². The highest BCUT2D eigenvalue weighted by atomic mass is 32.1. The van der Waals surface area contributed by atoms with Crippen molar-refractivity contribution in [2.24, 2.45) is 7.05 Å². The Hall–Kier alpha value is -2.82. The highest BCUT2D eigenvalue weighted by Crippen LogP contribution is 2.35. The molecule has 10 heteroatoms. The van der Waals surface area contributed by atoms with Crippen molar-refractivity contribution in [3.05, 3.63) is 45.5 Å². The fraction of sp³-hybridized carbons (Fsp3) is 0.556. The smallest absolute Gasteiger partial charge is 0.252 e. The average Bonchev–Trinajstić information content (AvgIpc) is 3.46. The normalized spacial score (nSPS) is 22.1. The van der Waals surface area contributed by atoms with Gasteiger partial charge in [0, 0.05) is 50.5 Å². The van der Waals surface area contributed by atoms with Crippen LogP contribution in [-0.4, -0.2) is 67.6 Å². The number of thiazole rings is 1. The number of anilines is 1. The molecule has 4 aromatic heterocycles. The number of hydrogen-bond donors (Lipinski definition) is 0. The lowest BCUT2D eigenvalue weighted by Gasteiger charge is -2.49. The average molecular weight is 522 g/mol. The number of hydrogen-bond acceptors (Lipinski definition) is 8. The third-order valence-electron chi connectivity index (χ3n) is 8.20. The van der Waals surface area contributed by atoms with Gasteiger partial charge in [-0.15, -0.1) is 0 Å². The van der Waals surface area contributed by atoms with Gasteiger partial charge >= 0.3 is 0 Å². The SMILES string of the molecule is CC[C@H]1CN([C@@H](C)c2ccc3nc(C)sc3n2)[C@H](CC)CN1c1cc(=O)n(C)c2cn(C3COC3)nc12. The van der Waals surface area contributed by atoms with Gasteiger partial charge in [-0.2, -0.15) is 5.10 Å². The number of aromatic nitrogens is 5. The number of fused-ring (bicyclic) bond motifs is 2. The summed E-state index contributed by atoms with van der Waals surface area (Å²) < 4.78 is 9.08. The van der Waals surface area contributed by atoms with E-state index in [4.69, 9.17) is 14.8 Å². The molecule has 2 saturated heterocycles. The van der Waals surface area contributed by atoms with Crippen LogP contribution >= 0.6 is 11.3 Å². The monoisotopic (exact) mass is 521 g/mol. The maximum absolute atomic E-state index is 13.0. The van der Waals surface area contributed by atoms with Gasteiger partial charge in [0.05, 0.1) is 41.2 Å². The van der Waals surface area contributed by atoms with E-state index in [2.05, 4.69) is 47.7 Å². The Morgan fingerprint density at radius 1 is 1.14 bits per heavy atom. The summed E-state index contributed by atoms with van der Waals surface area (Å²) in [6.45, 7) is 11.9. The molecule has 2 aliphatic heterocycles. The molecule has 9 nitrogen and oxygen atoms in total. The van der Waals surface area contributed by atoms with Crippen molar-refractivity contribution in [2.75, 3.05) is 31.2 Å². The summed E-state index contributed by atoms with van der Waals surface area (Å²) in [6, 6.07) is 7.05. The van der Waals surface area contributed by atoms with E-state index in [0.717, 1.165) is 63.7 Å². The van der Waals surface area contributed by atoms with Gasteiger partial charge < -0.3 is 14.2 Å². The van der Waals surface area contributed by atoms with Crippen LogP contribution in [0.2, 0.25) is 0 Å². The Labute approximate surface area is 220 Å². The second kappa shape index (κ2) is 9.49. The van der Waals surface area contributed by atoms with E-state index in [0.29, 0.717) is 19.3 Å². The number of pyridine rings is 2. The Morgan fingerprint density at radius 2 is 1.92 bits per heavy atom. The molecule has 0 spiro atoms. The Kier molecular flexibility index (Phi) is 6.29. The maximum atomic E-state index is 13.0. The van der Waals surface area contributed by atoms with E-state index < -0.39 is 0 Å². The van der Waals surface area contributed by atoms with Gasteiger partial charge in [-0.1, -0.05) is 25.2 Å². The van der Waals surface area contributed by atoms with Crippen molar-refractivity contribution in [3.63, 3.8) is 0 Å². The molecule has 0 amide bonds. The van der Waals surface area contributed by atoms with Crippen LogP contribution in [0, 0.1) is 6.92 Å². The topological polar surface area (TPSA) is 81.3 Å². The summed E-state index contributed by atoms with van der Waals surface area (Å²) in [4.78, 5) is 28.7. The molecule has 4 aromatic rings. The Balaban J connectivity index is 1.35. The fourth-order valence-corrected chi connectivity index (χ4v) is 6.58. The molecule has 6 rings (SSSR count). The second-order valence-electron chi connectivity index (χ2n) is 10.4. The van der Waals surface area contributed by atoms with Gasteiger partial charge in [0.25, 0.3) is 5.56 Å². The lowest BCUT2D eigenvalue weighted by Crippen LogP contribution is -2.59. The summed E-state index contributed by atoms with van der Waals surface area (Å²) in [6.07, 6.45) is 4.00. The van der Waals surface area contributed by atoms with Crippen molar-refractivity contribution in [1.29, 1.82) is 0 Å². The van der Waals surface area contributed by atoms with E-state index >= 15 is 0 Å². The lowest BCUT2D eigenvalue weighted by molar-refractivity contribution is -0.0283. The third kappa shape index (κ3) is 4.15. The van der Waals surface area contributed by atoms with E-state index in [9.17, 15) is 4.79 Å². The summed E-state index contributed by atoms with van der Waals surface area (Å²) in [7, 11) is 1.83. The van der Waals surface area contributed by atoms with Crippen LogP contribution in [0.3, 0.4) is 0 Å². The molecule has 0 bridgehead atoms. The largest absolute Gasteiger partial charge is 0.377 e. The Bertz CT molecular complexity index is 1500. The predicted octanol–water partition coefficient (Wildman–Crippen LogP) is 4.06. The molecular weight excluding hydrogens is 486 g/mol. The molecule has 0 radical (unpaired) electrons. The first-order valence-electron chi connectivity index (χ1n) is 13.3. The summed E-state index contributed by atoms with van der Waals surface area (Å²) in [5.41, 5.74) is 4.80. The zero-order valence-electron chi connectivity index (χ0n) is 22.2. The second-order valence-corrected chi connectivity index (χ2v) is 11.6. The molecule has 2 fully saturated rings. The first-order chi connectivity index (χ1) is 17.9. The lowest BCUT2D eigenvalue weighted by atomic mass is 9.98. The molecule has 0 aliphatic carbocycles. The van der Waals surface area contributed by atoms with Crippen LogP contribution in [-0.2, 0) is 11.8 Å². The van der Waals surface area contributed by atoms with E-state index in [-0.39, 0.29) is 23.7 Å². The van der Waals surface area contributed by atoms with Crippen LogP contribution in [0.15, 0.2) is 29.2 Å². The molecule has 37 heavy (non-hydrogen) atoms. The third-order valence-corrected chi connectivity index (χ3v) is 9.08. The van der Waals surface area contributed by atoms with Gasteiger partial charge in [-0.25, -0.2) is 9.97 Å². The predicted molar refractivity (Wildman–Crippen MR) is 148 cm³/mol. The standard InChI is InChI=1S/C27H35N7O2S/c1-6-18-12-33(23-10-25(35)31(5)24-13-34(30-26(23)24)20-14-36-15-20)19(7-2)11-32(18)16(3)21-8-9-22-27(29-21)37-17(4)28-22/h8-10,13,16,18-20H,6-7,11-12,14-15H2,1-5H3/t16-,18+,19-/m0/s1. The summed E-state index contributed by atoms with van der Waals surface area (Å²) >= 11 is 1.66. The van der Waals surface area contributed by atoms with Gasteiger partial charge in [-0.05, 0) is 38.8 Å². The molecule has 6 heterocycles. The van der Waals surface area contributed by atoms with Crippen molar-refractivity contribution >= 4 is 38.4 Å². The summed E-state index contributed by atoms with van der Waals surface area (Å²) in [5.74, 6) is 0. The number of rotatable bonds is 6. The minimum atomic E-state index is 0.00274.